The first-order valence-corrected chi connectivity index (χ1v) is 6.47. The SMILES string of the molecule is COC(=O)[C@H]1CN(C(=O)OCc2ccccc2)CCN1.Cl. The predicted molar refractivity (Wildman–Crippen MR) is 79.3 cm³/mol. The average Bonchev–Trinajstić information content (AvgIpc) is 2.53. The summed E-state index contributed by atoms with van der Waals surface area (Å²) in [5.41, 5.74) is 0.931. The third-order valence-corrected chi connectivity index (χ3v) is 3.12. The van der Waals surface area contributed by atoms with Crippen LogP contribution in [-0.2, 0) is 20.9 Å². The molecule has 1 atom stereocenters. The molecule has 0 unspecified atom stereocenters. The van der Waals surface area contributed by atoms with Crippen molar-refractivity contribution >= 4 is 24.5 Å². The van der Waals surface area contributed by atoms with Gasteiger partial charge in [-0.1, -0.05) is 30.3 Å². The zero-order valence-electron chi connectivity index (χ0n) is 11.8. The summed E-state index contributed by atoms with van der Waals surface area (Å²) in [5, 5.41) is 3.00. The number of hydrogen-bond donors (Lipinski definition) is 1. The van der Waals surface area contributed by atoms with Crippen molar-refractivity contribution in [3.8, 4) is 0 Å². The number of esters is 1. The summed E-state index contributed by atoms with van der Waals surface area (Å²) in [6.07, 6.45) is -0.413. The van der Waals surface area contributed by atoms with E-state index in [1.165, 1.54) is 12.0 Å². The Hall–Kier alpha value is -1.79. The third kappa shape index (κ3) is 4.91. The molecular formula is C14H19ClN2O4. The number of carbonyl (C=O) groups excluding carboxylic acids is 2. The molecule has 0 bridgehead atoms. The average molecular weight is 315 g/mol. The smallest absolute Gasteiger partial charge is 0.410 e. The number of nitrogens with zero attached hydrogens (tertiary/aromatic N) is 1. The fraction of sp³-hybridized carbons (Fsp3) is 0.429. The molecular weight excluding hydrogens is 296 g/mol. The van der Waals surface area contributed by atoms with Crippen LogP contribution >= 0.6 is 12.4 Å². The first-order valence-electron chi connectivity index (χ1n) is 6.47. The summed E-state index contributed by atoms with van der Waals surface area (Å²) >= 11 is 0. The Labute approximate surface area is 129 Å². The predicted octanol–water partition coefficient (Wildman–Crippen LogP) is 1.19. The number of halogens is 1. The van der Waals surface area contributed by atoms with Gasteiger partial charge in [0.15, 0.2) is 0 Å². The highest BCUT2D eigenvalue weighted by Crippen LogP contribution is 2.06. The van der Waals surface area contributed by atoms with Crippen molar-refractivity contribution in [1.82, 2.24) is 10.2 Å². The van der Waals surface area contributed by atoms with E-state index in [9.17, 15) is 9.59 Å². The van der Waals surface area contributed by atoms with Crippen molar-refractivity contribution in [2.75, 3.05) is 26.7 Å². The number of benzene rings is 1. The van der Waals surface area contributed by atoms with Crippen LogP contribution in [0.3, 0.4) is 0 Å². The van der Waals surface area contributed by atoms with Gasteiger partial charge in [-0.05, 0) is 5.56 Å². The molecule has 1 heterocycles. The van der Waals surface area contributed by atoms with Crippen LogP contribution in [0.25, 0.3) is 0 Å². The highest BCUT2D eigenvalue weighted by molar-refractivity contribution is 5.85. The molecule has 1 aliphatic heterocycles. The number of piperazine rings is 1. The second-order valence-corrected chi connectivity index (χ2v) is 4.52. The summed E-state index contributed by atoms with van der Waals surface area (Å²) in [7, 11) is 1.33. The lowest BCUT2D eigenvalue weighted by atomic mass is 10.2. The minimum absolute atomic E-state index is 0. The molecule has 0 radical (unpaired) electrons. The van der Waals surface area contributed by atoms with Crippen LogP contribution in [0.2, 0.25) is 0 Å². The maximum atomic E-state index is 12.0. The second-order valence-electron chi connectivity index (χ2n) is 4.52. The molecule has 0 spiro atoms. The van der Waals surface area contributed by atoms with Gasteiger partial charge in [0.05, 0.1) is 13.7 Å². The van der Waals surface area contributed by atoms with Crippen molar-refractivity contribution in [3.63, 3.8) is 0 Å². The van der Waals surface area contributed by atoms with E-state index >= 15 is 0 Å². The van der Waals surface area contributed by atoms with Gasteiger partial charge in [0.2, 0.25) is 0 Å². The van der Waals surface area contributed by atoms with E-state index in [0.29, 0.717) is 13.1 Å². The van der Waals surface area contributed by atoms with Gasteiger partial charge >= 0.3 is 12.1 Å². The summed E-state index contributed by atoms with van der Waals surface area (Å²) < 4.78 is 9.90. The van der Waals surface area contributed by atoms with E-state index < -0.39 is 12.1 Å². The largest absolute Gasteiger partial charge is 0.468 e. The molecule has 0 aliphatic carbocycles. The van der Waals surface area contributed by atoms with Crippen molar-refractivity contribution < 1.29 is 19.1 Å². The maximum Gasteiger partial charge on any atom is 0.410 e. The van der Waals surface area contributed by atoms with Crippen LogP contribution in [-0.4, -0.2) is 49.7 Å². The molecule has 2 rings (SSSR count). The maximum absolute atomic E-state index is 12.0. The van der Waals surface area contributed by atoms with E-state index in [1.807, 2.05) is 30.3 Å². The third-order valence-electron chi connectivity index (χ3n) is 3.12. The number of nitrogens with one attached hydrogen (secondary N) is 1. The molecule has 1 N–H and O–H groups in total. The minimum Gasteiger partial charge on any atom is -0.468 e. The number of hydrogen-bond acceptors (Lipinski definition) is 5. The molecule has 1 aromatic rings. The normalized spacial score (nSPS) is 17.6. The van der Waals surface area contributed by atoms with Crippen molar-refractivity contribution in [2.24, 2.45) is 0 Å². The summed E-state index contributed by atoms with van der Waals surface area (Å²) in [5.74, 6) is -0.370. The van der Waals surface area contributed by atoms with E-state index in [2.05, 4.69) is 10.1 Å². The molecule has 1 aromatic carbocycles. The number of ether oxygens (including phenoxy) is 2. The number of amides is 1. The molecule has 1 fully saturated rings. The van der Waals surface area contributed by atoms with E-state index in [1.54, 1.807) is 0 Å². The molecule has 1 aliphatic rings. The van der Waals surface area contributed by atoms with Gasteiger partial charge in [0.1, 0.15) is 12.6 Å². The Morgan fingerprint density at radius 1 is 1.33 bits per heavy atom. The fourth-order valence-electron chi connectivity index (χ4n) is 2.03. The van der Waals surface area contributed by atoms with Crippen LogP contribution in [0.1, 0.15) is 5.56 Å². The zero-order valence-corrected chi connectivity index (χ0v) is 12.6. The van der Waals surface area contributed by atoms with E-state index in [4.69, 9.17) is 4.74 Å². The molecule has 1 amide bonds. The van der Waals surface area contributed by atoms with Crippen molar-refractivity contribution in [1.29, 1.82) is 0 Å². The molecule has 116 valence electrons. The van der Waals surface area contributed by atoms with Gasteiger partial charge in [-0.3, -0.25) is 4.79 Å². The van der Waals surface area contributed by atoms with Gasteiger partial charge in [-0.15, -0.1) is 12.4 Å². The minimum atomic E-state index is -0.488. The molecule has 21 heavy (non-hydrogen) atoms. The van der Waals surface area contributed by atoms with Gasteiger partial charge in [-0.25, -0.2) is 4.79 Å². The standard InChI is InChI=1S/C14H18N2O4.ClH/c1-19-13(17)12-9-16(8-7-15-12)14(18)20-10-11-5-3-2-4-6-11;/h2-6,12,15H,7-10H2,1H3;1H/t12-;/m1./s1. The van der Waals surface area contributed by atoms with Gasteiger partial charge in [0.25, 0.3) is 0 Å². The van der Waals surface area contributed by atoms with Crippen LogP contribution in [0, 0.1) is 0 Å². The Kier molecular flexibility index (Phi) is 6.98. The highest BCUT2D eigenvalue weighted by Gasteiger charge is 2.29. The van der Waals surface area contributed by atoms with Crippen LogP contribution < -0.4 is 5.32 Å². The summed E-state index contributed by atoms with van der Waals surface area (Å²) in [4.78, 5) is 24.9. The lowest BCUT2D eigenvalue weighted by Gasteiger charge is -2.31. The van der Waals surface area contributed by atoms with E-state index in [-0.39, 0.29) is 31.5 Å². The summed E-state index contributed by atoms with van der Waals surface area (Å²) in [6.45, 7) is 1.55. The molecule has 1 saturated heterocycles. The Morgan fingerprint density at radius 3 is 2.71 bits per heavy atom. The van der Waals surface area contributed by atoms with Gasteiger partial charge in [-0.2, -0.15) is 0 Å². The number of carbonyl (C=O) groups is 2. The monoisotopic (exact) mass is 314 g/mol. The Bertz CT molecular complexity index is 469. The first-order chi connectivity index (χ1) is 9.70. The van der Waals surface area contributed by atoms with Gasteiger partial charge in [0, 0.05) is 13.1 Å². The van der Waals surface area contributed by atoms with Gasteiger partial charge < -0.3 is 19.7 Å². The lowest BCUT2D eigenvalue weighted by Crippen LogP contribution is -2.56. The fourth-order valence-corrected chi connectivity index (χ4v) is 2.03. The topological polar surface area (TPSA) is 67.9 Å². The number of methoxy groups -OCH3 is 1. The van der Waals surface area contributed by atoms with Crippen LogP contribution in [0.15, 0.2) is 30.3 Å². The summed E-state index contributed by atoms with van der Waals surface area (Å²) in [6, 6.07) is 8.98. The van der Waals surface area contributed by atoms with Crippen LogP contribution in [0.5, 0.6) is 0 Å². The molecule has 0 saturated carbocycles. The molecule has 7 heteroatoms. The zero-order chi connectivity index (χ0) is 14.4. The molecule has 0 aromatic heterocycles. The quantitative estimate of drug-likeness (QED) is 0.849. The Balaban J connectivity index is 0.00000220. The highest BCUT2D eigenvalue weighted by atomic mass is 35.5. The number of rotatable bonds is 3. The molecule has 6 nitrogen and oxygen atoms in total. The van der Waals surface area contributed by atoms with Crippen molar-refractivity contribution in [3.05, 3.63) is 35.9 Å². The van der Waals surface area contributed by atoms with Crippen LogP contribution in [0.4, 0.5) is 4.79 Å². The first kappa shape index (κ1) is 17.3. The second kappa shape index (κ2) is 8.49. The van der Waals surface area contributed by atoms with Crippen molar-refractivity contribution in [2.45, 2.75) is 12.6 Å². The lowest BCUT2D eigenvalue weighted by molar-refractivity contribution is -0.144. The Morgan fingerprint density at radius 2 is 2.05 bits per heavy atom. The van der Waals surface area contributed by atoms with E-state index in [0.717, 1.165) is 5.56 Å².